The maximum atomic E-state index is 12.0. The van der Waals surface area contributed by atoms with E-state index in [-0.39, 0.29) is 5.91 Å². The molecule has 19 heavy (non-hydrogen) atoms. The molecule has 0 unspecified atom stereocenters. The molecule has 1 amide bonds. The molecule has 2 N–H and O–H groups in total. The van der Waals surface area contributed by atoms with E-state index < -0.39 is 0 Å². The molecule has 0 atom stereocenters. The van der Waals surface area contributed by atoms with Crippen LogP contribution in [0.4, 0.5) is 5.69 Å². The standard InChI is InChI=1S/C14H18Br2N2O/c15-11-2-3-12(16)13(9-11)18-14(19)4-1-10-5-7-17-8-6-10/h2-3,9-10,17H,1,4-8H2,(H,18,19). The molecule has 0 radical (unpaired) electrons. The van der Waals surface area contributed by atoms with Gasteiger partial charge in [-0.1, -0.05) is 15.9 Å². The largest absolute Gasteiger partial charge is 0.325 e. The van der Waals surface area contributed by atoms with Gasteiger partial charge in [0, 0.05) is 15.4 Å². The Hall–Kier alpha value is -0.390. The lowest BCUT2D eigenvalue weighted by Gasteiger charge is -2.22. The quantitative estimate of drug-likeness (QED) is 0.818. The van der Waals surface area contributed by atoms with Crippen molar-refractivity contribution in [2.75, 3.05) is 18.4 Å². The highest BCUT2D eigenvalue weighted by Crippen LogP contribution is 2.26. The Balaban J connectivity index is 1.81. The van der Waals surface area contributed by atoms with Crippen LogP contribution in [0.5, 0.6) is 0 Å². The summed E-state index contributed by atoms with van der Waals surface area (Å²) in [4.78, 5) is 12.0. The summed E-state index contributed by atoms with van der Waals surface area (Å²) >= 11 is 6.85. The molecular formula is C14H18Br2N2O. The van der Waals surface area contributed by atoms with Gasteiger partial charge in [0.15, 0.2) is 0 Å². The highest BCUT2D eigenvalue weighted by molar-refractivity contribution is 9.11. The first kappa shape index (κ1) is 15.0. The Morgan fingerprint density at radius 1 is 1.32 bits per heavy atom. The maximum Gasteiger partial charge on any atom is 0.224 e. The first-order valence-electron chi connectivity index (χ1n) is 6.61. The van der Waals surface area contributed by atoms with Crippen LogP contribution >= 0.6 is 31.9 Å². The van der Waals surface area contributed by atoms with Gasteiger partial charge < -0.3 is 10.6 Å². The summed E-state index contributed by atoms with van der Waals surface area (Å²) in [5.74, 6) is 0.787. The van der Waals surface area contributed by atoms with Crippen LogP contribution in [0.25, 0.3) is 0 Å². The molecule has 0 aromatic heterocycles. The van der Waals surface area contributed by atoms with Crippen LogP contribution < -0.4 is 10.6 Å². The fourth-order valence-electron chi connectivity index (χ4n) is 2.31. The Bertz CT molecular complexity index is 445. The molecule has 1 aliphatic heterocycles. The van der Waals surface area contributed by atoms with E-state index in [1.807, 2.05) is 18.2 Å². The first-order valence-corrected chi connectivity index (χ1v) is 8.19. The molecule has 0 bridgehead atoms. The van der Waals surface area contributed by atoms with E-state index in [1.165, 1.54) is 12.8 Å². The molecule has 104 valence electrons. The average molecular weight is 390 g/mol. The molecule has 1 aliphatic rings. The summed E-state index contributed by atoms with van der Waals surface area (Å²) in [7, 11) is 0. The molecule has 5 heteroatoms. The van der Waals surface area contributed by atoms with Crippen LogP contribution in [0, 0.1) is 5.92 Å². The Morgan fingerprint density at radius 2 is 2.05 bits per heavy atom. The second-order valence-corrected chi connectivity index (χ2v) is 6.67. The highest BCUT2D eigenvalue weighted by Gasteiger charge is 2.15. The number of rotatable bonds is 4. The fraction of sp³-hybridized carbons (Fsp3) is 0.500. The zero-order valence-electron chi connectivity index (χ0n) is 10.7. The molecule has 0 spiro atoms. The number of anilines is 1. The van der Waals surface area contributed by atoms with Gasteiger partial charge in [0.2, 0.25) is 5.91 Å². The molecule has 3 nitrogen and oxygen atoms in total. The van der Waals surface area contributed by atoms with Gasteiger partial charge >= 0.3 is 0 Å². The van der Waals surface area contributed by atoms with Gasteiger partial charge in [-0.05, 0) is 72.4 Å². The fourth-order valence-corrected chi connectivity index (χ4v) is 3.02. The summed E-state index contributed by atoms with van der Waals surface area (Å²) in [6, 6.07) is 5.77. The summed E-state index contributed by atoms with van der Waals surface area (Å²) in [6.45, 7) is 2.17. The van der Waals surface area contributed by atoms with Crippen LogP contribution in [-0.2, 0) is 4.79 Å². The Kier molecular flexibility index (Phi) is 5.85. The van der Waals surface area contributed by atoms with Crippen molar-refractivity contribution >= 4 is 43.5 Å². The molecule has 0 saturated carbocycles. The third kappa shape index (κ3) is 4.89. The van der Waals surface area contributed by atoms with Crippen molar-refractivity contribution in [2.24, 2.45) is 5.92 Å². The zero-order chi connectivity index (χ0) is 13.7. The normalized spacial score (nSPS) is 16.3. The third-order valence-corrected chi connectivity index (χ3v) is 4.63. The average Bonchev–Trinajstić information content (AvgIpc) is 2.42. The summed E-state index contributed by atoms with van der Waals surface area (Å²) in [6.07, 6.45) is 3.96. The number of hydrogen-bond donors (Lipinski definition) is 2. The number of carbonyl (C=O) groups excluding carboxylic acids is 1. The topological polar surface area (TPSA) is 41.1 Å². The summed E-state index contributed by atoms with van der Waals surface area (Å²) < 4.78 is 1.87. The van der Waals surface area contributed by atoms with E-state index in [0.29, 0.717) is 12.3 Å². The van der Waals surface area contributed by atoms with Crippen LogP contribution in [0.2, 0.25) is 0 Å². The van der Waals surface area contributed by atoms with Crippen molar-refractivity contribution < 1.29 is 4.79 Å². The smallest absolute Gasteiger partial charge is 0.224 e. The number of carbonyl (C=O) groups is 1. The molecule has 1 saturated heterocycles. The van der Waals surface area contributed by atoms with Crippen LogP contribution in [0.1, 0.15) is 25.7 Å². The predicted molar refractivity (Wildman–Crippen MR) is 85.3 cm³/mol. The summed E-state index contributed by atoms with van der Waals surface area (Å²) in [5.41, 5.74) is 0.824. The highest BCUT2D eigenvalue weighted by atomic mass is 79.9. The van der Waals surface area contributed by atoms with E-state index in [9.17, 15) is 4.79 Å². The monoisotopic (exact) mass is 388 g/mol. The minimum Gasteiger partial charge on any atom is -0.325 e. The lowest BCUT2D eigenvalue weighted by atomic mass is 9.93. The first-order chi connectivity index (χ1) is 9.15. The zero-order valence-corrected chi connectivity index (χ0v) is 13.9. The van der Waals surface area contributed by atoms with Crippen LogP contribution in [0.3, 0.4) is 0 Å². The van der Waals surface area contributed by atoms with Crippen molar-refractivity contribution in [3.05, 3.63) is 27.1 Å². The summed E-state index contributed by atoms with van der Waals surface area (Å²) in [5, 5.41) is 6.30. The second kappa shape index (κ2) is 7.41. The van der Waals surface area contributed by atoms with E-state index in [4.69, 9.17) is 0 Å². The van der Waals surface area contributed by atoms with Crippen LogP contribution in [0.15, 0.2) is 27.1 Å². The lowest BCUT2D eigenvalue weighted by Crippen LogP contribution is -2.28. The number of nitrogens with one attached hydrogen (secondary N) is 2. The molecular weight excluding hydrogens is 372 g/mol. The van der Waals surface area contributed by atoms with E-state index in [0.717, 1.165) is 34.1 Å². The predicted octanol–water partition coefficient (Wildman–Crippen LogP) is 3.93. The van der Waals surface area contributed by atoms with Gasteiger partial charge in [-0.25, -0.2) is 0 Å². The third-order valence-electron chi connectivity index (χ3n) is 3.44. The number of piperidine rings is 1. The van der Waals surface area contributed by atoms with Gasteiger partial charge in [0.1, 0.15) is 0 Å². The molecule has 0 aliphatic carbocycles. The van der Waals surface area contributed by atoms with Crippen LogP contribution in [-0.4, -0.2) is 19.0 Å². The van der Waals surface area contributed by atoms with Crippen molar-refractivity contribution in [1.82, 2.24) is 5.32 Å². The number of halogens is 2. The van der Waals surface area contributed by atoms with E-state index in [2.05, 4.69) is 42.5 Å². The lowest BCUT2D eigenvalue weighted by molar-refractivity contribution is -0.116. The van der Waals surface area contributed by atoms with Gasteiger partial charge in [0.05, 0.1) is 5.69 Å². The maximum absolute atomic E-state index is 12.0. The van der Waals surface area contributed by atoms with Gasteiger partial charge in [0.25, 0.3) is 0 Å². The number of benzene rings is 1. The molecule has 1 aromatic rings. The van der Waals surface area contributed by atoms with Gasteiger partial charge in [-0.3, -0.25) is 4.79 Å². The molecule has 1 aromatic carbocycles. The molecule has 1 fully saturated rings. The Morgan fingerprint density at radius 3 is 2.79 bits per heavy atom. The van der Waals surface area contributed by atoms with Crippen molar-refractivity contribution in [1.29, 1.82) is 0 Å². The Labute approximate surface area is 130 Å². The molecule has 2 rings (SSSR count). The van der Waals surface area contributed by atoms with Crippen molar-refractivity contribution in [3.8, 4) is 0 Å². The number of hydrogen-bond acceptors (Lipinski definition) is 2. The second-order valence-electron chi connectivity index (χ2n) is 4.90. The van der Waals surface area contributed by atoms with E-state index >= 15 is 0 Å². The SMILES string of the molecule is O=C(CCC1CCNCC1)Nc1cc(Br)ccc1Br. The van der Waals surface area contributed by atoms with Crippen molar-refractivity contribution in [3.63, 3.8) is 0 Å². The molecule has 1 heterocycles. The minimum absolute atomic E-state index is 0.0948. The van der Waals surface area contributed by atoms with Crippen molar-refractivity contribution in [2.45, 2.75) is 25.7 Å². The van der Waals surface area contributed by atoms with E-state index in [1.54, 1.807) is 0 Å². The van der Waals surface area contributed by atoms with Gasteiger partial charge in [-0.2, -0.15) is 0 Å². The minimum atomic E-state index is 0.0948. The number of amides is 1. The van der Waals surface area contributed by atoms with Gasteiger partial charge in [-0.15, -0.1) is 0 Å².